The topological polar surface area (TPSA) is 155 Å². The van der Waals surface area contributed by atoms with E-state index in [-0.39, 0.29) is 33.2 Å². The first-order chi connectivity index (χ1) is 13.1. The third kappa shape index (κ3) is 3.18. The van der Waals surface area contributed by atoms with Gasteiger partial charge in [-0.3, -0.25) is 19.1 Å². The summed E-state index contributed by atoms with van der Waals surface area (Å²) in [5, 5.41) is 6.31. The molecule has 1 aliphatic carbocycles. The lowest BCUT2D eigenvalue weighted by Gasteiger charge is -2.23. The highest BCUT2D eigenvalue weighted by atomic mass is 32.1. The second kappa shape index (κ2) is 7.27. The first-order valence-corrected chi connectivity index (χ1v) is 9.69. The maximum atomic E-state index is 12.5. The Morgan fingerprint density at radius 1 is 1.30 bits per heavy atom. The van der Waals surface area contributed by atoms with Crippen LogP contribution < -0.4 is 15.9 Å². The Bertz CT molecular complexity index is 977. The van der Waals surface area contributed by atoms with Crippen molar-refractivity contribution in [2.45, 2.75) is 56.9 Å². The Labute approximate surface area is 156 Å². The third-order valence-corrected chi connectivity index (χ3v) is 6.28. The number of aromatic amines is 1. The number of hydrogen-bond acceptors (Lipinski definition) is 9. The zero-order valence-corrected chi connectivity index (χ0v) is 15.2. The molecule has 1 saturated carbocycles. The minimum absolute atomic E-state index is 0.0259. The minimum atomic E-state index is -0.600. The van der Waals surface area contributed by atoms with Gasteiger partial charge in [0.25, 0.3) is 5.56 Å². The van der Waals surface area contributed by atoms with E-state index in [0.29, 0.717) is 12.8 Å². The van der Waals surface area contributed by atoms with E-state index in [1.165, 1.54) is 4.57 Å². The summed E-state index contributed by atoms with van der Waals surface area (Å²) in [5.74, 6) is 0.208. The van der Waals surface area contributed by atoms with Gasteiger partial charge in [-0.1, -0.05) is 34.6 Å². The summed E-state index contributed by atoms with van der Waals surface area (Å²) >= 11 is 0.790. The molecule has 3 atom stereocenters. The fourth-order valence-electron chi connectivity index (χ4n) is 4.13. The van der Waals surface area contributed by atoms with Crippen molar-refractivity contribution in [1.29, 1.82) is 5.53 Å². The Balaban J connectivity index is 1.65. The Morgan fingerprint density at radius 2 is 2.07 bits per heavy atom. The average molecular weight is 393 g/mol. The van der Waals surface area contributed by atoms with Gasteiger partial charge in [0.05, 0.1) is 6.10 Å². The van der Waals surface area contributed by atoms with Crippen molar-refractivity contribution >= 4 is 27.6 Å². The van der Waals surface area contributed by atoms with Gasteiger partial charge in [0, 0.05) is 0 Å². The molecule has 0 bridgehead atoms. The summed E-state index contributed by atoms with van der Waals surface area (Å²) in [4.78, 5) is 42.3. The van der Waals surface area contributed by atoms with Gasteiger partial charge in [-0.15, -0.1) is 0 Å². The second-order valence-corrected chi connectivity index (χ2v) is 7.84. The van der Waals surface area contributed by atoms with Crippen LogP contribution in [0.4, 0.5) is 5.95 Å². The normalized spacial score (nSPS) is 24.3. The number of fused-ring (bicyclic) bond motifs is 1. The summed E-state index contributed by atoms with van der Waals surface area (Å²) in [7, 11) is 0. The number of thiazole rings is 1. The molecule has 3 N–H and O–H groups in total. The summed E-state index contributed by atoms with van der Waals surface area (Å²) < 4.78 is 7.57. The second-order valence-electron chi connectivity index (χ2n) is 6.88. The van der Waals surface area contributed by atoms with Gasteiger partial charge in [0.1, 0.15) is 17.0 Å². The molecular formula is C15H19N7O4S. The van der Waals surface area contributed by atoms with Gasteiger partial charge in [-0.05, 0) is 31.6 Å². The van der Waals surface area contributed by atoms with Crippen LogP contribution in [0.1, 0.15) is 44.8 Å². The number of nitrogens with one attached hydrogen (secondary N) is 3. The fourth-order valence-corrected chi connectivity index (χ4v) is 4.99. The molecule has 144 valence electrons. The van der Waals surface area contributed by atoms with Crippen LogP contribution in [0.2, 0.25) is 0 Å². The lowest BCUT2D eigenvalue weighted by Crippen LogP contribution is -2.31. The lowest BCUT2D eigenvalue weighted by molar-refractivity contribution is -0.0165. The van der Waals surface area contributed by atoms with Gasteiger partial charge >= 0.3 is 4.87 Å². The quantitative estimate of drug-likeness (QED) is 0.389. The van der Waals surface area contributed by atoms with Crippen molar-refractivity contribution in [2.75, 3.05) is 5.43 Å². The zero-order chi connectivity index (χ0) is 19.0. The van der Waals surface area contributed by atoms with E-state index in [9.17, 15) is 14.5 Å². The van der Waals surface area contributed by atoms with E-state index in [1.807, 2.05) is 0 Å². The van der Waals surface area contributed by atoms with E-state index in [1.54, 1.807) is 0 Å². The van der Waals surface area contributed by atoms with Gasteiger partial charge in [-0.2, -0.15) is 15.4 Å². The first-order valence-electron chi connectivity index (χ1n) is 8.88. The van der Waals surface area contributed by atoms with Crippen LogP contribution >= 0.6 is 11.3 Å². The highest BCUT2D eigenvalue weighted by Crippen LogP contribution is 2.38. The van der Waals surface area contributed by atoms with Gasteiger partial charge in [0.15, 0.2) is 5.65 Å². The summed E-state index contributed by atoms with van der Waals surface area (Å²) in [6.07, 6.45) is 4.38. The maximum Gasteiger partial charge on any atom is 0.311 e. The van der Waals surface area contributed by atoms with Crippen LogP contribution in [-0.2, 0) is 4.74 Å². The van der Waals surface area contributed by atoms with Gasteiger partial charge in [0.2, 0.25) is 5.95 Å². The third-order valence-electron chi connectivity index (χ3n) is 5.34. The molecule has 2 aromatic heterocycles. The molecule has 0 aromatic carbocycles. The number of nitrogens with zero attached hydrogens (tertiary/aromatic N) is 4. The fraction of sp³-hybridized carbons (Fsp3) is 0.667. The molecule has 0 radical (unpaired) electrons. The largest absolute Gasteiger partial charge is 0.352 e. The smallest absolute Gasteiger partial charge is 0.311 e. The van der Waals surface area contributed by atoms with Crippen LogP contribution in [0, 0.1) is 16.4 Å². The molecule has 1 saturated heterocycles. The number of rotatable bonds is 6. The summed E-state index contributed by atoms with van der Waals surface area (Å²) in [5.41, 5.74) is 8.80. The Morgan fingerprint density at radius 3 is 2.78 bits per heavy atom. The standard InChI is InChI=1S/C15H19N7O4S/c16-21-19-14-17-12-11(13(23)18-14)27-15(24)22(12)9-6-5-8(26-9)10(20-25)7-3-1-2-4-7/h7-10H,1-6H2,(H3,16,17,18,19,23)/t8-,9+,10?/m0/s1. The van der Waals surface area contributed by atoms with E-state index in [4.69, 9.17) is 10.3 Å². The molecule has 0 spiro atoms. The molecule has 4 rings (SSSR count). The molecule has 3 heterocycles. The molecule has 2 aliphatic rings. The highest BCUT2D eigenvalue weighted by molar-refractivity contribution is 7.16. The number of hydrogen-bond donors (Lipinski definition) is 3. The lowest BCUT2D eigenvalue weighted by atomic mass is 9.93. The minimum Gasteiger partial charge on any atom is -0.352 e. The maximum absolute atomic E-state index is 12.5. The SMILES string of the molecule is N=NNc1nc2c(sc(=O)n2[C@H]2CC[C@@H](C(N=O)C3CCCC3)O2)c(=O)[nH]1. The number of ether oxygens (including phenoxy) is 1. The van der Waals surface area contributed by atoms with Crippen LogP contribution in [-0.4, -0.2) is 26.7 Å². The molecule has 1 unspecified atom stereocenters. The average Bonchev–Trinajstić information content (AvgIpc) is 3.37. The number of nitroso groups, excluding NO2 is 1. The van der Waals surface area contributed by atoms with Crippen molar-refractivity contribution < 1.29 is 4.74 Å². The van der Waals surface area contributed by atoms with Crippen LogP contribution in [0.3, 0.4) is 0 Å². The van der Waals surface area contributed by atoms with E-state index in [2.05, 4.69) is 25.8 Å². The van der Waals surface area contributed by atoms with Crippen molar-refractivity contribution in [3.63, 3.8) is 0 Å². The van der Waals surface area contributed by atoms with Crippen molar-refractivity contribution in [3.05, 3.63) is 24.9 Å². The molecule has 12 heteroatoms. The van der Waals surface area contributed by atoms with E-state index < -0.39 is 17.8 Å². The monoisotopic (exact) mass is 393 g/mol. The molecule has 2 aromatic rings. The number of H-pyrrole nitrogens is 1. The predicted molar refractivity (Wildman–Crippen MR) is 98.0 cm³/mol. The molecular weight excluding hydrogens is 374 g/mol. The number of anilines is 1. The Hall–Kier alpha value is -2.47. The highest BCUT2D eigenvalue weighted by Gasteiger charge is 2.39. The van der Waals surface area contributed by atoms with Crippen LogP contribution in [0.25, 0.3) is 10.3 Å². The molecule has 2 fully saturated rings. The van der Waals surface area contributed by atoms with Crippen LogP contribution in [0.5, 0.6) is 0 Å². The summed E-state index contributed by atoms with van der Waals surface area (Å²) in [6, 6.07) is -0.409. The Kier molecular flexibility index (Phi) is 4.83. The van der Waals surface area contributed by atoms with E-state index >= 15 is 0 Å². The number of aromatic nitrogens is 3. The first kappa shape index (κ1) is 17.9. The van der Waals surface area contributed by atoms with Gasteiger partial charge < -0.3 is 4.74 Å². The van der Waals surface area contributed by atoms with Crippen molar-refractivity contribution in [1.82, 2.24) is 14.5 Å². The predicted octanol–water partition coefficient (Wildman–Crippen LogP) is 2.51. The van der Waals surface area contributed by atoms with Crippen LogP contribution in [0.15, 0.2) is 20.0 Å². The van der Waals surface area contributed by atoms with Crippen molar-refractivity contribution in [2.24, 2.45) is 16.3 Å². The van der Waals surface area contributed by atoms with Gasteiger partial charge in [-0.25, -0.2) is 5.43 Å². The van der Waals surface area contributed by atoms with Crippen molar-refractivity contribution in [3.8, 4) is 0 Å². The summed E-state index contributed by atoms with van der Waals surface area (Å²) in [6.45, 7) is 0. The molecule has 27 heavy (non-hydrogen) atoms. The molecule has 0 amide bonds. The molecule has 1 aliphatic heterocycles. The zero-order valence-electron chi connectivity index (χ0n) is 14.4. The van der Waals surface area contributed by atoms with E-state index in [0.717, 1.165) is 37.0 Å². The molecule has 11 nitrogen and oxygen atoms in total.